The van der Waals surface area contributed by atoms with E-state index in [0.717, 1.165) is 0 Å². The van der Waals surface area contributed by atoms with Crippen LogP contribution >= 0.6 is 12.2 Å². The van der Waals surface area contributed by atoms with Crippen molar-refractivity contribution in [3.63, 3.8) is 0 Å². The summed E-state index contributed by atoms with van der Waals surface area (Å²) in [5.74, 6) is 0.247. The third-order valence-corrected chi connectivity index (χ3v) is 1.97. The SMILES string of the molecule is CS(=O)CCNC(=O)CC(N)=S. The van der Waals surface area contributed by atoms with E-state index in [1.807, 2.05) is 0 Å². The molecule has 0 aliphatic heterocycles. The lowest BCUT2D eigenvalue weighted by atomic mass is 10.4. The molecule has 0 aliphatic carbocycles. The average molecular weight is 208 g/mol. The molecular weight excluding hydrogens is 196 g/mol. The van der Waals surface area contributed by atoms with Gasteiger partial charge in [-0.3, -0.25) is 9.00 Å². The Hall–Kier alpha value is -0.490. The maximum atomic E-state index is 10.9. The van der Waals surface area contributed by atoms with Gasteiger partial charge in [-0.05, 0) is 0 Å². The van der Waals surface area contributed by atoms with Crippen LogP contribution < -0.4 is 11.1 Å². The molecule has 3 N–H and O–H groups in total. The maximum absolute atomic E-state index is 10.9. The van der Waals surface area contributed by atoms with Crippen LogP contribution in [0.25, 0.3) is 0 Å². The molecule has 0 aromatic rings. The van der Waals surface area contributed by atoms with Crippen molar-refractivity contribution in [3.8, 4) is 0 Å². The fourth-order valence-electron chi connectivity index (χ4n) is 0.555. The molecule has 0 bridgehead atoms. The Kier molecular flexibility index (Phi) is 5.83. The van der Waals surface area contributed by atoms with Gasteiger partial charge in [-0.1, -0.05) is 12.2 Å². The Morgan fingerprint density at radius 1 is 1.67 bits per heavy atom. The monoisotopic (exact) mass is 208 g/mol. The molecule has 0 fully saturated rings. The van der Waals surface area contributed by atoms with Crippen LogP contribution in [0.15, 0.2) is 0 Å². The Bertz CT molecular complexity index is 206. The van der Waals surface area contributed by atoms with Crippen LogP contribution in [0.3, 0.4) is 0 Å². The van der Waals surface area contributed by atoms with E-state index in [4.69, 9.17) is 5.73 Å². The fraction of sp³-hybridized carbons (Fsp3) is 0.667. The zero-order valence-electron chi connectivity index (χ0n) is 6.83. The van der Waals surface area contributed by atoms with Gasteiger partial charge in [-0.25, -0.2) is 0 Å². The molecule has 0 radical (unpaired) electrons. The smallest absolute Gasteiger partial charge is 0.226 e. The first kappa shape index (κ1) is 11.5. The minimum absolute atomic E-state index is 0.0612. The number of nitrogens with one attached hydrogen (secondary N) is 1. The molecule has 0 saturated carbocycles. The Morgan fingerprint density at radius 3 is 2.67 bits per heavy atom. The second kappa shape index (κ2) is 6.07. The lowest BCUT2D eigenvalue weighted by Crippen LogP contribution is -2.30. The second-order valence-electron chi connectivity index (χ2n) is 2.27. The fourth-order valence-corrected chi connectivity index (χ4v) is 1.08. The van der Waals surface area contributed by atoms with Gasteiger partial charge in [0.05, 0.1) is 11.4 Å². The number of carbonyl (C=O) groups is 1. The predicted molar refractivity (Wildman–Crippen MR) is 53.3 cm³/mol. The van der Waals surface area contributed by atoms with Crippen molar-refractivity contribution in [2.45, 2.75) is 6.42 Å². The van der Waals surface area contributed by atoms with Crippen molar-refractivity contribution in [2.75, 3.05) is 18.6 Å². The predicted octanol–water partition coefficient (Wildman–Crippen LogP) is -0.843. The van der Waals surface area contributed by atoms with Gasteiger partial charge >= 0.3 is 0 Å². The van der Waals surface area contributed by atoms with E-state index >= 15 is 0 Å². The Labute approximate surface area is 79.3 Å². The number of rotatable bonds is 5. The Balaban J connectivity index is 3.44. The minimum Gasteiger partial charge on any atom is -0.393 e. The largest absolute Gasteiger partial charge is 0.393 e. The summed E-state index contributed by atoms with van der Waals surface area (Å²) in [7, 11) is -0.873. The molecule has 0 saturated heterocycles. The number of carbonyl (C=O) groups excluding carboxylic acids is 1. The summed E-state index contributed by atoms with van der Waals surface area (Å²) in [5, 5.41) is 2.55. The highest BCUT2D eigenvalue weighted by atomic mass is 32.2. The van der Waals surface area contributed by atoms with Crippen molar-refractivity contribution < 1.29 is 9.00 Å². The van der Waals surface area contributed by atoms with Crippen LogP contribution in [0, 0.1) is 0 Å². The highest BCUT2D eigenvalue weighted by molar-refractivity contribution is 7.84. The number of hydrogen-bond donors (Lipinski definition) is 2. The van der Waals surface area contributed by atoms with Gasteiger partial charge in [-0.2, -0.15) is 0 Å². The van der Waals surface area contributed by atoms with E-state index in [1.165, 1.54) is 0 Å². The van der Waals surface area contributed by atoms with E-state index in [2.05, 4.69) is 17.5 Å². The lowest BCUT2D eigenvalue weighted by Gasteiger charge is -2.01. The van der Waals surface area contributed by atoms with Gasteiger partial charge in [0.15, 0.2) is 0 Å². The highest BCUT2D eigenvalue weighted by Crippen LogP contribution is 1.80. The van der Waals surface area contributed by atoms with Crippen molar-refractivity contribution in [1.29, 1.82) is 0 Å². The summed E-state index contributed by atoms with van der Waals surface area (Å²) in [4.78, 5) is 11.0. The second-order valence-corrected chi connectivity index (χ2v) is 4.35. The summed E-state index contributed by atoms with van der Waals surface area (Å²) >= 11 is 4.53. The average Bonchev–Trinajstić information content (AvgIpc) is 1.84. The molecule has 1 unspecified atom stereocenters. The van der Waals surface area contributed by atoms with Crippen molar-refractivity contribution in [2.24, 2.45) is 5.73 Å². The molecule has 70 valence electrons. The van der Waals surface area contributed by atoms with Gasteiger partial charge in [0.2, 0.25) is 5.91 Å². The molecule has 0 aromatic carbocycles. The quantitative estimate of drug-likeness (QED) is 0.578. The molecular formula is C6H12N2O2S2. The molecule has 4 nitrogen and oxygen atoms in total. The van der Waals surface area contributed by atoms with Crippen LogP contribution in [0.4, 0.5) is 0 Å². The van der Waals surface area contributed by atoms with Crippen LogP contribution in [-0.2, 0) is 15.6 Å². The van der Waals surface area contributed by atoms with Gasteiger partial charge in [0.1, 0.15) is 0 Å². The first-order chi connectivity index (χ1) is 5.52. The van der Waals surface area contributed by atoms with Gasteiger partial charge in [0.25, 0.3) is 0 Å². The minimum atomic E-state index is -0.873. The standard InChI is InChI=1S/C6H12N2O2S2/c1-12(10)3-2-8-6(9)4-5(7)11/h2-4H2,1H3,(H2,7,11)(H,8,9). The molecule has 0 spiro atoms. The van der Waals surface area contributed by atoms with Crippen LogP contribution in [0.5, 0.6) is 0 Å². The molecule has 0 aromatic heterocycles. The van der Waals surface area contributed by atoms with Crippen LogP contribution in [0.1, 0.15) is 6.42 Å². The normalized spacial score (nSPS) is 12.1. The van der Waals surface area contributed by atoms with Crippen LogP contribution in [-0.4, -0.2) is 33.7 Å². The topological polar surface area (TPSA) is 72.2 Å². The first-order valence-corrected chi connectivity index (χ1v) is 5.51. The van der Waals surface area contributed by atoms with Gasteiger partial charge < -0.3 is 11.1 Å². The van der Waals surface area contributed by atoms with Crippen molar-refractivity contribution in [1.82, 2.24) is 5.32 Å². The van der Waals surface area contributed by atoms with Crippen molar-refractivity contribution >= 4 is 33.9 Å². The molecule has 0 rings (SSSR count). The summed E-state index contributed by atoms with van der Waals surface area (Å²) < 4.78 is 10.6. The van der Waals surface area contributed by atoms with E-state index in [9.17, 15) is 9.00 Å². The molecule has 0 heterocycles. The molecule has 1 amide bonds. The molecule has 6 heteroatoms. The number of amides is 1. The number of thiocarbonyl (C=S) groups is 1. The lowest BCUT2D eigenvalue weighted by molar-refractivity contribution is -0.119. The summed E-state index contributed by atoms with van der Waals surface area (Å²) in [6.45, 7) is 0.407. The van der Waals surface area contributed by atoms with E-state index in [0.29, 0.717) is 12.3 Å². The van der Waals surface area contributed by atoms with E-state index in [1.54, 1.807) is 6.26 Å². The molecule has 0 aliphatic rings. The first-order valence-electron chi connectivity index (χ1n) is 3.37. The number of hydrogen-bond acceptors (Lipinski definition) is 3. The number of nitrogens with two attached hydrogens (primary N) is 1. The maximum Gasteiger partial charge on any atom is 0.226 e. The third kappa shape index (κ3) is 7.62. The Morgan fingerprint density at radius 2 is 2.25 bits per heavy atom. The summed E-state index contributed by atoms with van der Waals surface area (Å²) in [6.07, 6.45) is 1.64. The van der Waals surface area contributed by atoms with Gasteiger partial charge in [0, 0.05) is 29.4 Å². The van der Waals surface area contributed by atoms with E-state index in [-0.39, 0.29) is 17.3 Å². The summed E-state index contributed by atoms with van der Waals surface area (Å²) in [5.41, 5.74) is 5.14. The van der Waals surface area contributed by atoms with E-state index < -0.39 is 10.8 Å². The molecule has 1 atom stereocenters. The third-order valence-electron chi connectivity index (χ3n) is 1.05. The highest BCUT2D eigenvalue weighted by Gasteiger charge is 2.01. The summed E-state index contributed by atoms with van der Waals surface area (Å²) in [6, 6.07) is 0. The zero-order valence-corrected chi connectivity index (χ0v) is 8.46. The van der Waals surface area contributed by atoms with Gasteiger partial charge in [-0.15, -0.1) is 0 Å². The molecule has 12 heavy (non-hydrogen) atoms. The van der Waals surface area contributed by atoms with Crippen LogP contribution in [0.2, 0.25) is 0 Å². The zero-order chi connectivity index (χ0) is 9.56. The van der Waals surface area contributed by atoms with Crippen molar-refractivity contribution in [3.05, 3.63) is 0 Å².